The SMILES string of the molecule is Cc1cc(I)cc(C(O)CF)c1. The normalized spacial score (nSPS) is 13.0. The standard InChI is InChI=1S/C9H10FIO/c1-6-2-7(9(12)5-10)4-8(11)3-6/h2-4,9,12H,5H2,1H3. The second kappa shape index (κ2) is 4.18. The predicted octanol–water partition coefficient (Wildman–Crippen LogP) is 2.60. The average Bonchev–Trinajstić information content (AvgIpc) is 2.01. The van der Waals surface area contributed by atoms with Gasteiger partial charge >= 0.3 is 0 Å². The monoisotopic (exact) mass is 280 g/mol. The lowest BCUT2D eigenvalue weighted by Crippen LogP contribution is -1.99. The van der Waals surface area contributed by atoms with E-state index in [4.69, 9.17) is 0 Å². The zero-order valence-electron chi connectivity index (χ0n) is 6.72. The molecule has 0 aliphatic heterocycles. The van der Waals surface area contributed by atoms with E-state index in [1.54, 1.807) is 12.1 Å². The van der Waals surface area contributed by atoms with Gasteiger partial charge in [0.2, 0.25) is 0 Å². The molecule has 1 N–H and O–H groups in total. The molecule has 0 amide bonds. The van der Waals surface area contributed by atoms with Gasteiger partial charge in [-0.1, -0.05) is 6.07 Å². The smallest absolute Gasteiger partial charge is 0.119 e. The number of aliphatic hydroxyl groups is 1. The molecule has 1 nitrogen and oxygen atoms in total. The molecule has 0 fully saturated rings. The van der Waals surface area contributed by atoms with Gasteiger partial charge in [0.05, 0.1) is 0 Å². The molecule has 0 radical (unpaired) electrons. The fourth-order valence-electron chi connectivity index (χ4n) is 1.05. The number of aryl methyl sites for hydroxylation is 1. The summed E-state index contributed by atoms with van der Waals surface area (Å²) in [6.07, 6.45) is -0.974. The van der Waals surface area contributed by atoms with E-state index < -0.39 is 12.8 Å². The van der Waals surface area contributed by atoms with Crippen LogP contribution in [0.15, 0.2) is 18.2 Å². The van der Waals surface area contributed by atoms with Crippen LogP contribution in [0.25, 0.3) is 0 Å². The van der Waals surface area contributed by atoms with Gasteiger partial charge in [0, 0.05) is 3.57 Å². The second-order valence-electron chi connectivity index (χ2n) is 2.73. The van der Waals surface area contributed by atoms with E-state index in [0.717, 1.165) is 9.13 Å². The molecule has 0 bridgehead atoms. The number of hydrogen-bond donors (Lipinski definition) is 1. The number of aliphatic hydroxyl groups excluding tert-OH is 1. The quantitative estimate of drug-likeness (QED) is 0.826. The maximum atomic E-state index is 12.1. The molecule has 1 rings (SSSR count). The molecule has 3 heteroatoms. The maximum absolute atomic E-state index is 12.1. The summed E-state index contributed by atoms with van der Waals surface area (Å²) in [7, 11) is 0. The Hall–Kier alpha value is -0.160. The fourth-order valence-corrected chi connectivity index (χ4v) is 1.90. The number of benzene rings is 1. The first-order chi connectivity index (χ1) is 5.63. The van der Waals surface area contributed by atoms with E-state index in [2.05, 4.69) is 22.6 Å². The molecule has 12 heavy (non-hydrogen) atoms. The molecule has 0 spiro atoms. The fraction of sp³-hybridized carbons (Fsp3) is 0.333. The molecule has 0 aromatic heterocycles. The number of alkyl halides is 1. The molecule has 0 saturated heterocycles. The summed E-state index contributed by atoms with van der Waals surface area (Å²) in [5.74, 6) is 0. The third-order valence-electron chi connectivity index (χ3n) is 1.60. The summed E-state index contributed by atoms with van der Waals surface area (Å²) < 4.78 is 13.1. The van der Waals surface area contributed by atoms with Crippen LogP contribution in [0.1, 0.15) is 17.2 Å². The Balaban J connectivity index is 3.00. The number of rotatable bonds is 2. The van der Waals surface area contributed by atoms with Gasteiger partial charge in [0.15, 0.2) is 0 Å². The molecule has 0 aliphatic carbocycles. The van der Waals surface area contributed by atoms with E-state index in [1.165, 1.54) is 0 Å². The second-order valence-corrected chi connectivity index (χ2v) is 3.98. The highest BCUT2D eigenvalue weighted by Crippen LogP contribution is 2.18. The van der Waals surface area contributed by atoms with Crippen molar-refractivity contribution in [2.75, 3.05) is 6.67 Å². The van der Waals surface area contributed by atoms with Gasteiger partial charge < -0.3 is 5.11 Å². The van der Waals surface area contributed by atoms with Crippen LogP contribution in [0.3, 0.4) is 0 Å². The topological polar surface area (TPSA) is 20.2 Å². The molecule has 0 heterocycles. The Morgan fingerprint density at radius 2 is 2.17 bits per heavy atom. The highest BCUT2D eigenvalue weighted by molar-refractivity contribution is 14.1. The average molecular weight is 280 g/mol. The Bertz CT molecular complexity index is 255. The van der Waals surface area contributed by atoms with Gasteiger partial charge in [-0.25, -0.2) is 4.39 Å². The lowest BCUT2D eigenvalue weighted by molar-refractivity contribution is 0.141. The largest absolute Gasteiger partial charge is 0.386 e. The molecule has 66 valence electrons. The summed E-state index contributed by atoms with van der Waals surface area (Å²) in [6, 6.07) is 5.57. The minimum absolute atomic E-state index is 0.655. The van der Waals surface area contributed by atoms with Gasteiger partial charge in [0.1, 0.15) is 12.8 Å². The van der Waals surface area contributed by atoms with Crippen LogP contribution < -0.4 is 0 Å². The molecular weight excluding hydrogens is 270 g/mol. The van der Waals surface area contributed by atoms with Crippen LogP contribution in [-0.2, 0) is 0 Å². The van der Waals surface area contributed by atoms with E-state index in [9.17, 15) is 9.50 Å². The summed E-state index contributed by atoms with van der Waals surface area (Å²) >= 11 is 2.15. The number of halogens is 2. The molecule has 1 aromatic rings. The van der Waals surface area contributed by atoms with Crippen molar-refractivity contribution in [3.8, 4) is 0 Å². The minimum atomic E-state index is -0.974. The third kappa shape index (κ3) is 2.42. The van der Waals surface area contributed by atoms with Crippen molar-refractivity contribution < 1.29 is 9.50 Å². The van der Waals surface area contributed by atoms with Crippen molar-refractivity contribution >= 4 is 22.6 Å². The van der Waals surface area contributed by atoms with E-state index in [0.29, 0.717) is 5.56 Å². The molecular formula is C9H10FIO. The highest BCUT2D eigenvalue weighted by atomic mass is 127. The zero-order chi connectivity index (χ0) is 9.14. The van der Waals surface area contributed by atoms with Gasteiger partial charge in [0.25, 0.3) is 0 Å². The summed E-state index contributed by atoms with van der Waals surface area (Å²) in [5, 5.41) is 9.20. The van der Waals surface area contributed by atoms with Crippen LogP contribution in [0.4, 0.5) is 4.39 Å². The lowest BCUT2D eigenvalue weighted by atomic mass is 10.1. The summed E-state index contributed by atoms with van der Waals surface area (Å²) in [4.78, 5) is 0. The van der Waals surface area contributed by atoms with Gasteiger partial charge in [-0.15, -0.1) is 0 Å². The molecule has 0 saturated carbocycles. The van der Waals surface area contributed by atoms with Crippen molar-refractivity contribution in [3.63, 3.8) is 0 Å². The Labute approximate surface area is 84.7 Å². The van der Waals surface area contributed by atoms with Crippen molar-refractivity contribution in [3.05, 3.63) is 32.9 Å². The van der Waals surface area contributed by atoms with E-state index >= 15 is 0 Å². The Morgan fingerprint density at radius 3 is 2.67 bits per heavy atom. The van der Waals surface area contributed by atoms with Crippen molar-refractivity contribution in [1.82, 2.24) is 0 Å². The van der Waals surface area contributed by atoms with E-state index in [1.807, 2.05) is 13.0 Å². The summed E-state index contributed by atoms with van der Waals surface area (Å²) in [6.45, 7) is 1.20. The van der Waals surface area contributed by atoms with Crippen LogP contribution in [0.5, 0.6) is 0 Å². The zero-order valence-corrected chi connectivity index (χ0v) is 8.88. The highest BCUT2D eigenvalue weighted by Gasteiger charge is 2.07. The summed E-state index contributed by atoms with van der Waals surface area (Å²) in [5.41, 5.74) is 1.70. The first-order valence-corrected chi connectivity index (χ1v) is 4.72. The molecule has 1 aromatic carbocycles. The van der Waals surface area contributed by atoms with Gasteiger partial charge in [-0.2, -0.15) is 0 Å². The minimum Gasteiger partial charge on any atom is -0.386 e. The maximum Gasteiger partial charge on any atom is 0.119 e. The molecule has 1 atom stereocenters. The third-order valence-corrected chi connectivity index (χ3v) is 2.22. The van der Waals surface area contributed by atoms with Crippen LogP contribution in [-0.4, -0.2) is 11.8 Å². The van der Waals surface area contributed by atoms with Crippen molar-refractivity contribution in [2.24, 2.45) is 0 Å². The predicted molar refractivity (Wildman–Crippen MR) is 54.8 cm³/mol. The van der Waals surface area contributed by atoms with Crippen molar-refractivity contribution in [2.45, 2.75) is 13.0 Å². The molecule has 1 unspecified atom stereocenters. The lowest BCUT2D eigenvalue weighted by Gasteiger charge is -2.07. The Morgan fingerprint density at radius 1 is 1.50 bits per heavy atom. The van der Waals surface area contributed by atoms with Crippen LogP contribution >= 0.6 is 22.6 Å². The first kappa shape index (κ1) is 9.92. The number of hydrogen-bond acceptors (Lipinski definition) is 1. The first-order valence-electron chi connectivity index (χ1n) is 3.64. The van der Waals surface area contributed by atoms with Crippen molar-refractivity contribution in [1.29, 1.82) is 0 Å². The molecule has 0 aliphatic rings. The Kier molecular flexibility index (Phi) is 3.46. The van der Waals surface area contributed by atoms with Gasteiger partial charge in [-0.05, 0) is 52.8 Å². The van der Waals surface area contributed by atoms with Gasteiger partial charge in [-0.3, -0.25) is 0 Å². The van der Waals surface area contributed by atoms with Crippen LogP contribution in [0, 0.1) is 10.5 Å². The van der Waals surface area contributed by atoms with Crippen LogP contribution in [0.2, 0.25) is 0 Å². The van der Waals surface area contributed by atoms with E-state index in [-0.39, 0.29) is 0 Å².